The molecule has 3 aromatic heterocycles. The van der Waals surface area contributed by atoms with Crippen LogP contribution >= 0.6 is 0 Å². The molecule has 2 saturated carbocycles. The third kappa shape index (κ3) is 5.09. The zero-order chi connectivity index (χ0) is 30.0. The lowest BCUT2D eigenvalue weighted by atomic mass is 9.84. The Bertz CT molecular complexity index is 1660. The average Bonchev–Trinajstić information content (AvgIpc) is 3.75. The molecule has 0 saturated heterocycles. The van der Waals surface area contributed by atoms with E-state index >= 15 is 0 Å². The fraction of sp³-hybridized carbons (Fsp3) is 0.533. The minimum absolute atomic E-state index is 0.105. The van der Waals surface area contributed by atoms with E-state index in [4.69, 9.17) is 24.9 Å². The fourth-order valence-corrected chi connectivity index (χ4v) is 8.01. The zero-order valence-corrected chi connectivity index (χ0v) is 25.3. The number of nitrogens with zero attached hydrogens (tertiary/aromatic N) is 3. The molecule has 2 fully saturated rings. The summed E-state index contributed by atoms with van der Waals surface area (Å²) < 4.78 is 42.4. The summed E-state index contributed by atoms with van der Waals surface area (Å²) in [4.78, 5) is 26.5. The van der Waals surface area contributed by atoms with Crippen LogP contribution in [0.2, 0.25) is 0 Å². The Morgan fingerprint density at radius 2 is 1.86 bits per heavy atom. The van der Waals surface area contributed by atoms with Crippen LogP contribution < -0.4 is 15.8 Å². The Morgan fingerprint density at radius 3 is 2.55 bits per heavy atom. The van der Waals surface area contributed by atoms with Crippen LogP contribution in [0.3, 0.4) is 0 Å². The van der Waals surface area contributed by atoms with Crippen molar-refractivity contribution in [2.75, 3.05) is 19.0 Å². The van der Waals surface area contributed by atoms with Gasteiger partial charge in [0.15, 0.2) is 9.84 Å². The standard InChI is InChI=1S/C30H37N5O6S/c1-16-26-20(28(36)41-29(16,2)3)8-9-24(35-26)34-25-12-21-22(13-32-25)27(33-14-23(21)30(4,31)15-39-5)40-17-10-19(11-17)42(37,38)18-6-7-18/h8-9,12-14,16-19H,6-7,10-11,15,31H2,1-5H3,(H,32,34,35)/t16-,17-,19+,30-/m1/s1. The number of sulfone groups is 1. The Kier molecular flexibility index (Phi) is 6.94. The molecular formula is C30H37N5O6S. The highest BCUT2D eigenvalue weighted by Crippen LogP contribution is 2.41. The van der Waals surface area contributed by atoms with Gasteiger partial charge >= 0.3 is 5.97 Å². The number of nitrogens with two attached hydrogens (primary N) is 1. The number of carbonyl (C=O) groups is 1. The normalized spacial score (nSPS) is 24.7. The summed E-state index contributed by atoms with van der Waals surface area (Å²) >= 11 is 0. The van der Waals surface area contributed by atoms with Crippen molar-refractivity contribution in [3.63, 3.8) is 0 Å². The summed E-state index contributed by atoms with van der Waals surface area (Å²) in [5.41, 5.74) is 7.00. The first-order valence-corrected chi connectivity index (χ1v) is 15.9. The topological polar surface area (TPSA) is 156 Å². The minimum Gasteiger partial charge on any atom is -0.474 e. The predicted octanol–water partition coefficient (Wildman–Crippen LogP) is 4.13. The van der Waals surface area contributed by atoms with E-state index in [1.54, 1.807) is 31.6 Å². The number of methoxy groups -OCH3 is 1. The van der Waals surface area contributed by atoms with E-state index in [1.807, 2.05) is 33.8 Å². The van der Waals surface area contributed by atoms with Crippen molar-refractivity contribution in [2.24, 2.45) is 5.73 Å². The van der Waals surface area contributed by atoms with E-state index in [1.165, 1.54) is 0 Å². The molecule has 0 bridgehead atoms. The number of pyridine rings is 3. The van der Waals surface area contributed by atoms with Crippen LogP contribution in [-0.4, -0.2) is 65.3 Å². The van der Waals surface area contributed by atoms with E-state index in [9.17, 15) is 13.2 Å². The fourth-order valence-electron chi connectivity index (χ4n) is 5.70. The van der Waals surface area contributed by atoms with Gasteiger partial charge in [-0.1, -0.05) is 6.92 Å². The first-order chi connectivity index (χ1) is 19.8. The van der Waals surface area contributed by atoms with Crippen molar-refractivity contribution in [3.05, 3.63) is 47.4 Å². The maximum Gasteiger partial charge on any atom is 0.340 e. The van der Waals surface area contributed by atoms with Gasteiger partial charge in [0, 0.05) is 43.8 Å². The number of aromatic nitrogens is 3. The van der Waals surface area contributed by atoms with E-state index < -0.39 is 21.0 Å². The minimum atomic E-state index is -3.07. The van der Waals surface area contributed by atoms with Crippen LogP contribution in [0.1, 0.15) is 80.9 Å². The molecule has 11 nitrogen and oxygen atoms in total. The number of carbonyl (C=O) groups excluding carboxylic acids is 1. The smallest absolute Gasteiger partial charge is 0.340 e. The van der Waals surface area contributed by atoms with E-state index in [2.05, 4.69) is 15.3 Å². The molecule has 224 valence electrons. The van der Waals surface area contributed by atoms with Gasteiger partial charge in [0.1, 0.15) is 23.3 Å². The second-order valence-corrected chi connectivity index (χ2v) is 15.0. The first kappa shape index (κ1) is 28.8. The summed E-state index contributed by atoms with van der Waals surface area (Å²) in [6, 6.07) is 5.30. The maximum absolute atomic E-state index is 12.6. The quantitative estimate of drug-likeness (QED) is 0.343. The highest BCUT2D eigenvalue weighted by atomic mass is 32.2. The molecule has 4 heterocycles. The largest absolute Gasteiger partial charge is 0.474 e. The number of fused-ring (bicyclic) bond motifs is 2. The van der Waals surface area contributed by atoms with Gasteiger partial charge in [-0.25, -0.2) is 28.2 Å². The van der Waals surface area contributed by atoms with Crippen LogP contribution in [0.4, 0.5) is 11.6 Å². The van der Waals surface area contributed by atoms with Crippen molar-refractivity contribution >= 4 is 38.2 Å². The summed E-state index contributed by atoms with van der Waals surface area (Å²) in [6.07, 6.45) is 5.58. The lowest BCUT2D eigenvalue weighted by molar-refractivity contribution is -0.0189. The van der Waals surface area contributed by atoms with Crippen LogP contribution in [0.25, 0.3) is 10.8 Å². The van der Waals surface area contributed by atoms with Gasteiger partial charge in [-0.2, -0.15) is 0 Å². The van der Waals surface area contributed by atoms with Gasteiger partial charge in [-0.15, -0.1) is 0 Å². The first-order valence-electron chi connectivity index (χ1n) is 14.3. The summed E-state index contributed by atoms with van der Waals surface area (Å²) in [7, 11) is -1.47. The molecule has 3 aliphatic rings. The molecule has 2 atom stereocenters. The number of rotatable bonds is 9. The highest BCUT2D eigenvalue weighted by Gasteiger charge is 2.48. The zero-order valence-electron chi connectivity index (χ0n) is 24.5. The van der Waals surface area contributed by atoms with Gasteiger partial charge < -0.3 is 25.3 Å². The van der Waals surface area contributed by atoms with Crippen LogP contribution in [-0.2, 0) is 24.8 Å². The number of anilines is 2. The van der Waals surface area contributed by atoms with E-state index in [-0.39, 0.29) is 35.1 Å². The molecule has 42 heavy (non-hydrogen) atoms. The van der Waals surface area contributed by atoms with Crippen LogP contribution in [0.15, 0.2) is 30.6 Å². The monoisotopic (exact) mass is 595 g/mol. The van der Waals surface area contributed by atoms with E-state index in [0.29, 0.717) is 47.0 Å². The summed E-state index contributed by atoms with van der Waals surface area (Å²) in [6.45, 7) is 7.86. The maximum atomic E-state index is 12.6. The van der Waals surface area contributed by atoms with Gasteiger partial charge in [-0.05, 0) is 57.2 Å². The Hall–Kier alpha value is -3.35. The van der Waals surface area contributed by atoms with Gasteiger partial charge in [-0.3, -0.25) is 0 Å². The average molecular weight is 596 g/mol. The summed E-state index contributed by atoms with van der Waals surface area (Å²) in [5.74, 6) is 0.950. The highest BCUT2D eigenvalue weighted by molar-refractivity contribution is 7.93. The number of hydrogen-bond acceptors (Lipinski definition) is 11. The number of ether oxygens (including phenoxy) is 3. The van der Waals surface area contributed by atoms with Crippen LogP contribution in [0, 0.1) is 0 Å². The van der Waals surface area contributed by atoms with Crippen molar-refractivity contribution in [1.29, 1.82) is 0 Å². The SMILES string of the molecule is COC[C@@](C)(N)c1cnc(O[C@H]2C[C@@H](S(=O)(=O)C3CC3)C2)c2cnc(Nc3ccc4c(n3)[C@@H](C)C(C)(C)OC4=O)cc12. The van der Waals surface area contributed by atoms with E-state index in [0.717, 1.165) is 23.8 Å². The summed E-state index contributed by atoms with van der Waals surface area (Å²) in [5, 5.41) is 4.19. The third-order valence-corrected chi connectivity index (χ3v) is 11.5. The van der Waals surface area contributed by atoms with Crippen molar-refractivity contribution < 1.29 is 27.4 Å². The molecule has 0 unspecified atom stereocenters. The van der Waals surface area contributed by atoms with Crippen molar-refractivity contribution in [2.45, 2.75) is 87.0 Å². The molecular weight excluding hydrogens is 558 g/mol. The molecule has 0 spiro atoms. The van der Waals surface area contributed by atoms with Gasteiger partial charge in [0.2, 0.25) is 5.88 Å². The Balaban J connectivity index is 1.31. The van der Waals surface area contributed by atoms with Crippen molar-refractivity contribution in [1.82, 2.24) is 15.0 Å². The second-order valence-electron chi connectivity index (χ2n) is 12.5. The molecule has 3 aromatic rings. The van der Waals surface area contributed by atoms with Gasteiger partial charge in [0.25, 0.3) is 0 Å². The number of esters is 1. The predicted molar refractivity (Wildman–Crippen MR) is 158 cm³/mol. The Morgan fingerprint density at radius 1 is 1.12 bits per heavy atom. The molecule has 6 rings (SSSR count). The van der Waals surface area contributed by atoms with Crippen molar-refractivity contribution in [3.8, 4) is 5.88 Å². The molecule has 0 amide bonds. The molecule has 3 N–H and O–H groups in total. The molecule has 0 aromatic carbocycles. The molecule has 0 radical (unpaired) electrons. The number of hydrogen-bond donors (Lipinski definition) is 2. The number of nitrogens with one attached hydrogen (secondary N) is 1. The second kappa shape index (κ2) is 10.1. The Labute approximate surface area is 245 Å². The van der Waals surface area contributed by atoms with Crippen LogP contribution in [0.5, 0.6) is 5.88 Å². The lowest BCUT2D eigenvalue weighted by Crippen LogP contribution is -2.44. The lowest BCUT2D eigenvalue weighted by Gasteiger charge is -2.36. The number of cyclic esters (lactones) is 1. The third-order valence-electron chi connectivity index (χ3n) is 8.79. The van der Waals surface area contributed by atoms with Gasteiger partial charge in [0.05, 0.1) is 39.3 Å². The molecule has 1 aliphatic heterocycles. The molecule has 2 aliphatic carbocycles. The molecule has 12 heteroatoms.